The normalized spacial score (nSPS) is 15.6. The Bertz CT molecular complexity index is 875. The summed E-state index contributed by atoms with van der Waals surface area (Å²) in [4.78, 5) is -0.301. The molecule has 1 radical (unpaired) electrons. The average Bonchev–Trinajstić information content (AvgIpc) is 2.96. The number of benzene rings is 1. The standard InChI is InChI=1S/C15H9BrF9N2S/c1-3-7-4-8(10(9(16)5-7)11-6(2)26-27-28-11)12(17,14(20,21)22)13(18,19)15(23,24)25/h4H,3H2,1-2H3. The lowest BCUT2D eigenvalue weighted by Crippen LogP contribution is -2.60. The molecule has 0 aliphatic carbocycles. The Morgan fingerprint density at radius 3 is 2.00 bits per heavy atom. The summed E-state index contributed by atoms with van der Waals surface area (Å²) in [6.45, 7) is 2.62. The van der Waals surface area contributed by atoms with Crippen LogP contribution in [-0.4, -0.2) is 27.9 Å². The van der Waals surface area contributed by atoms with Gasteiger partial charge < -0.3 is 0 Å². The number of nitrogens with zero attached hydrogens (tertiary/aromatic N) is 2. The van der Waals surface area contributed by atoms with Crippen LogP contribution >= 0.6 is 27.5 Å². The minimum atomic E-state index is -6.81. The Hall–Kier alpha value is -1.37. The number of hydrogen-bond acceptors (Lipinski definition) is 3. The lowest BCUT2D eigenvalue weighted by Gasteiger charge is -2.37. The van der Waals surface area contributed by atoms with E-state index in [2.05, 4.69) is 31.6 Å². The second-order valence-electron chi connectivity index (χ2n) is 5.67. The van der Waals surface area contributed by atoms with E-state index in [0.29, 0.717) is 17.6 Å². The molecule has 0 saturated heterocycles. The number of rotatable bonds is 4. The zero-order valence-corrected chi connectivity index (χ0v) is 16.3. The van der Waals surface area contributed by atoms with Crippen LogP contribution in [0.15, 0.2) is 10.5 Å². The van der Waals surface area contributed by atoms with Gasteiger partial charge in [-0.15, -0.1) is 5.10 Å². The van der Waals surface area contributed by atoms with Crippen molar-refractivity contribution in [2.24, 2.45) is 0 Å². The SMILES string of the molecule is CCc1[c]c(Br)c(-c2snnc2C)c(C(F)(C(F)(F)F)C(F)(F)C(F)(F)F)c1. The van der Waals surface area contributed by atoms with Gasteiger partial charge in [0.05, 0.1) is 10.6 Å². The maximum Gasteiger partial charge on any atom is 0.457 e. The smallest absolute Gasteiger partial charge is 0.221 e. The Morgan fingerprint density at radius 2 is 1.61 bits per heavy atom. The number of alkyl halides is 9. The van der Waals surface area contributed by atoms with E-state index >= 15 is 4.39 Å². The second kappa shape index (κ2) is 7.15. The zero-order chi connectivity index (χ0) is 21.7. The second-order valence-corrected chi connectivity index (χ2v) is 7.21. The Kier molecular flexibility index (Phi) is 5.85. The summed E-state index contributed by atoms with van der Waals surface area (Å²) in [7, 11) is 0. The highest BCUT2D eigenvalue weighted by molar-refractivity contribution is 9.10. The molecule has 1 unspecified atom stereocenters. The summed E-state index contributed by atoms with van der Waals surface area (Å²) in [5.41, 5.74) is -9.10. The number of aromatic nitrogens is 2. The summed E-state index contributed by atoms with van der Waals surface area (Å²) in [5.74, 6) is -6.77. The van der Waals surface area contributed by atoms with Gasteiger partial charge in [-0.1, -0.05) is 17.5 Å². The van der Waals surface area contributed by atoms with Gasteiger partial charge in [0, 0.05) is 21.7 Å². The number of halogens is 10. The predicted molar refractivity (Wildman–Crippen MR) is 85.8 cm³/mol. The Labute approximate surface area is 165 Å². The van der Waals surface area contributed by atoms with Crippen molar-refractivity contribution in [2.45, 2.75) is 44.2 Å². The van der Waals surface area contributed by atoms with E-state index in [9.17, 15) is 35.1 Å². The fraction of sp³-hybridized carbons (Fsp3) is 0.467. The van der Waals surface area contributed by atoms with E-state index in [-0.39, 0.29) is 22.6 Å². The molecule has 1 heterocycles. The number of aryl methyl sites for hydroxylation is 2. The fourth-order valence-corrected chi connectivity index (χ4v) is 3.96. The molecular formula is C15H9BrF9N2S. The molecule has 2 nitrogen and oxygen atoms in total. The summed E-state index contributed by atoms with van der Waals surface area (Å²) < 4.78 is 125. The fourth-order valence-electron chi connectivity index (χ4n) is 2.44. The van der Waals surface area contributed by atoms with Crippen LogP contribution in [0.25, 0.3) is 10.4 Å². The van der Waals surface area contributed by atoms with Gasteiger partial charge in [0.2, 0.25) is 0 Å². The number of hydrogen-bond donors (Lipinski definition) is 0. The molecule has 0 saturated carbocycles. The minimum absolute atomic E-state index is 0.0792. The van der Waals surface area contributed by atoms with Gasteiger partial charge in [0.25, 0.3) is 0 Å². The first-order valence-electron chi connectivity index (χ1n) is 7.34. The third kappa shape index (κ3) is 3.40. The molecule has 1 aromatic carbocycles. The van der Waals surface area contributed by atoms with Crippen molar-refractivity contribution in [3.8, 4) is 10.4 Å². The third-order valence-corrected chi connectivity index (χ3v) is 5.33. The molecule has 0 aliphatic rings. The topological polar surface area (TPSA) is 25.8 Å². The van der Waals surface area contributed by atoms with Crippen molar-refractivity contribution in [2.75, 3.05) is 0 Å². The van der Waals surface area contributed by atoms with E-state index in [4.69, 9.17) is 0 Å². The summed E-state index contributed by atoms with van der Waals surface area (Å²) in [6.07, 6.45) is -13.5. The van der Waals surface area contributed by atoms with E-state index < -0.39 is 39.5 Å². The van der Waals surface area contributed by atoms with Crippen LogP contribution in [0.4, 0.5) is 39.5 Å². The molecular weight excluding hydrogens is 491 g/mol. The van der Waals surface area contributed by atoms with Gasteiger partial charge in [0.1, 0.15) is 0 Å². The molecule has 28 heavy (non-hydrogen) atoms. The van der Waals surface area contributed by atoms with E-state index in [1.165, 1.54) is 13.8 Å². The monoisotopic (exact) mass is 499 g/mol. The summed E-state index contributed by atoms with van der Waals surface area (Å²) >= 11 is 3.22. The molecule has 2 rings (SSSR count). The average molecular weight is 500 g/mol. The Balaban J connectivity index is 3.03. The first-order valence-corrected chi connectivity index (χ1v) is 8.90. The molecule has 0 spiro atoms. The van der Waals surface area contributed by atoms with Gasteiger partial charge in [-0.3, -0.25) is 0 Å². The van der Waals surface area contributed by atoms with Crippen molar-refractivity contribution in [1.29, 1.82) is 0 Å². The van der Waals surface area contributed by atoms with Gasteiger partial charge in [-0.2, -0.15) is 35.1 Å². The Morgan fingerprint density at radius 1 is 1.04 bits per heavy atom. The molecule has 0 fully saturated rings. The maximum absolute atomic E-state index is 15.1. The molecule has 0 bridgehead atoms. The lowest BCUT2D eigenvalue weighted by molar-refractivity contribution is -0.389. The quantitative estimate of drug-likeness (QED) is 0.445. The van der Waals surface area contributed by atoms with Crippen LogP contribution in [0.2, 0.25) is 0 Å². The largest absolute Gasteiger partial charge is 0.457 e. The van der Waals surface area contributed by atoms with Crippen LogP contribution in [0, 0.1) is 13.0 Å². The van der Waals surface area contributed by atoms with Crippen LogP contribution in [0.3, 0.4) is 0 Å². The molecule has 0 amide bonds. The van der Waals surface area contributed by atoms with Crippen molar-refractivity contribution < 1.29 is 39.5 Å². The summed E-state index contributed by atoms with van der Waals surface area (Å²) in [5, 5.41) is 3.49. The van der Waals surface area contributed by atoms with Crippen molar-refractivity contribution in [1.82, 2.24) is 9.59 Å². The molecule has 1 atom stereocenters. The van der Waals surface area contributed by atoms with Crippen LogP contribution in [0.5, 0.6) is 0 Å². The van der Waals surface area contributed by atoms with Crippen LogP contribution < -0.4 is 0 Å². The first-order chi connectivity index (χ1) is 12.6. The van der Waals surface area contributed by atoms with Crippen LogP contribution in [0.1, 0.15) is 23.7 Å². The molecule has 0 N–H and O–H groups in total. The highest BCUT2D eigenvalue weighted by Gasteiger charge is 2.82. The van der Waals surface area contributed by atoms with Crippen LogP contribution in [-0.2, 0) is 12.1 Å². The van der Waals surface area contributed by atoms with E-state index in [0.717, 1.165) is 0 Å². The molecule has 155 valence electrons. The predicted octanol–water partition coefficient (Wildman–Crippen LogP) is 6.56. The molecule has 13 heteroatoms. The van der Waals surface area contributed by atoms with Gasteiger partial charge in [-0.25, -0.2) is 4.39 Å². The maximum atomic E-state index is 15.1. The van der Waals surface area contributed by atoms with E-state index in [1.807, 2.05) is 0 Å². The molecule has 1 aromatic heterocycles. The highest BCUT2D eigenvalue weighted by Crippen LogP contribution is 2.60. The highest BCUT2D eigenvalue weighted by atomic mass is 79.9. The van der Waals surface area contributed by atoms with Gasteiger partial charge in [-0.05, 0) is 46.4 Å². The van der Waals surface area contributed by atoms with E-state index in [1.54, 1.807) is 0 Å². The summed E-state index contributed by atoms with van der Waals surface area (Å²) in [6, 6.07) is 2.81. The van der Waals surface area contributed by atoms with Crippen molar-refractivity contribution in [3.05, 3.63) is 33.4 Å². The third-order valence-electron chi connectivity index (χ3n) is 3.89. The van der Waals surface area contributed by atoms with Gasteiger partial charge in [0.15, 0.2) is 0 Å². The first kappa shape index (κ1) is 22.9. The lowest BCUT2D eigenvalue weighted by atomic mass is 9.83. The zero-order valence-electron chi connectivity index (χ0n) is 13.9. The van der Waals surface area contributed by atoms with Crippen molar-refractivity contribution >= 4 is 27.5 Å². The molecule has 0 aliphatic heterocycles. The molecule has 2 aromatic rings. The van der Waals surface area contributed by atoms with Gasteiger partial charge >= 0.3 is 23.9 Å². The minimum Gasteiger partial charge on any atom is -0.221 e. The van der Waals surface area contributed by atoms with Crippen molar-refractivity contribution in [3.63, 3.8) is 0 Å².